The number of hydrogen-bond acceptors (Lipinski definition) is 5. The summed E-state index contributed by atoms with van der Waals surface area (Å²) >= 11 is 0. The molecule has 0 unspecified atom stereocenters. The number of amides is 1. The van der Waals surface area contributed by atoms with Gasteiger partial charge < -0.3 is 9.26 Å². The van der Waals surface area contributed by atoms with E-state index < -0.39 is 18.5 Å². The van der Waals surface area contributed by atoms with Crippen LogP contribution in [0.4, 0.5) is 5.88 Å². The van der Waals surface area contributed by atoms with Gasteiger partial charge in [0.2, 0.25) is 5.88 Å². The molecule has 6 nitrogen and oxygen atoms in total. The van der Waals surface area contributed by atoms with Gasteiger partial charge in [-0.3, -0.25) is 10.1 Å². The van der Waals surface area contributed by atoms with Crippen molar-refractivity contribution in [2.24, 2.45) is 0 Å². The van der Waals surface area contributed by atoms with Crippen LogP contribution in [-0.2, 0) is 9.53 Å². The second-order valence-corrected chi connectivity index (χ2v) is 6.15. The highest BCUT2D eigenvalue weighted by Gasteiger charge is 2.18. The number of nitrogens with zero attached hydrogens (tertiary/aromatic N) is 1. The highest BCUT2D eigenvalue weighted by molar-refractivity contribution is 6.16. The third-order valence-electron chi connectivity index (χ3n) is 4.20. The van der Waals surface area contributed by atoms with Gasteiger partial charge in [-0.2, -0.15) is 0 Å². The topological polar surface area (TPSA) is 81.4 Å². The highest BCUT2D eigenvalue weighted by atomic mass is 16.5. The Bertz CT molecular complexity index is 1110. The first-order chi connectivity index (χ1) is 13.1. The van der Waals surface area contributed by atoms with Gasteiger partial charge in [-0.1, -0.05) is 53.7 Å². The van der Waals surface area contributed by atoms with Gasteiger partial charge in [0.05, 0.1) is 11.3 Å². The van der Waals surface area contributed by atoms with Gasteiger partial charge in [0, 0.05) is 6.07 Å². The van der Waals surface area contributed by atoms with E-state index in [1.165, 1.54) is 0 Å². The minimum atomic E-state index is -0.549. The fraction of sp³-hybridized carbons (Fsp3) is 0.0952. The van der Waals surface area contributed by atoms with Crippen molar-refractivity contribution in [1.29, 1.82) is 0 Å². The van der Waals surface area contributed by atoms with Crippen LogP contribution in [-0.4, -0.2) is 23.6 Å². The lowest BCUT2D eigenvalue weighted by atomic mass is 9.97. The number of ether oxygens (including phenoxy) is 1. The molecule has 0 saturated heterocycles. The Labute approximate surface area is 154 Å². The van der Waals surface area contributed by atoms with Gasteiger partial charge in [0.15, 0.2) is 6.61 Å². The monoisotopic (exact) mass is 360 g/mol. The maximum absolute atomic E-state index is 12.8. The average Bonchev–Trinajstić information content (AvgIpc) is 3.08. The molecule has 1 heterocycles. The first kappa shape index (κ1) is 16.8. The van der Waals surface area contributed by atoms with Crippen molar-refractivity contribution in [3.8, 4) is 0 Å². The molecule has 3 aromatic carbocycles. The van der Waals surface area contributed by atoms with Crippen LogP contribution in [0.15, 0.2) is 65.2 Å². The lowest BCUT2D eigenvalue weighted by Crippen LogP contribution is -2.21. The fourth-order valence-electron chi connectivity index (χ4n) is 3.03. The number of anilines is 1. The van der Waals surface area contributed by atoms with Crippen LogP contribution in [0, 0.1) is 6.92 Å². The minimum Gasteiger partial charge on any atom is -0.452 e. The molecule has 0 bridgehead atoms. The molecular formula is C21H16N2O4. The van der Waals surface area contributed by atoms with E-state index in [1.807, 2.05) is 54.6 Å². The van der Waals surface area contributed by atoms with Crippen molar-refractivity contribution in [3.05, 3.63) is 71.9 Å². The van der Waals surface area contributed by atoms with Gasteiger partial charge in [-0.05, 0) is 34.5 Å². The quantitative estimate of drug-likeness (QED) is 0.438. The first-order valence-electron chi connectivity index (χ1n) is 8.42. The number of hydrogen-bond donors (Lipinski definition) is 1. The summed E-state index contributed by atoms with van der Waals surface area (Å²) in [5.74, 6) is -0.833. The Hall–Kier alpha value is -3.67. The van der Waals surface area contributed by atoms with E-state index in [-0.39, 0.29) is 5.88 Å². The molecule has 0 aliphatic carbocycles. The maximum Gasteiger partial charge on any atom is 0.339 e. The number of aryl methyl sites for hydroxylation is 1. The molecule has 6 heteroatoms. The largest absolute Gasteiger partial charge is 0.452 e. The van der Waals surface area contributed by atoms with Crippen molar-refractivity contribution < 1.29 is 18.8 Å². The molecule has 134 valence electrons. The second-order valence-electron chi connectivity index (χ2n) is 6.15. The Kier molecular flexibility index (Phi) is 4.30. The molecule has 1 N–H and O–H groups in total. The zero-order valence-electron chi connectivity index (χ0n) is 14.6. The van der Waals surface area contributed by atoms with E-state index in [9.17, 15) is 9.59 Å². The summed E-state index contributed by atoms with van der Waals surface area (Å²) < 4.78 is 10.2. The van der Waals surface area contributed by atoms with Crippen molar-refractivity contribution >= 4 is 39.3 Å². The maximum atomic E-state index is 12.8. The molecule has 0 aliphatic heterocycles. The Balaban J connectivity index is 1.60. The molecule has 1 amide bonds. The molecule has 0 fully saturated rings. The van der Waals surface area contributed by atoms with Crippen LogP contribution in [0.5, 0.6) is 0 Å². The molecule has 0 aliphatic rings. The summed E-state index contributed by atoms with van der Waals surface area (Å²) in [6, 6.07) is 18.8. The van der Waals surface area contributed by atoms with Gasteiger partial charge in [-0.25, -0.2) is 4.79 Å². The smallest absolute Gasteiger partial charge is 0.339 e. The number of carbonyl (C=O) groups excluding carboxylic acids is 2. The summed E-state index contributed by atoms with van der Waals surface area (Å²) in [4.78, 5) is 24.8. The van der Waals surface area contributed by atoms with Gasteiger partial charge >= 0.3 is 5.97 Å². The number of carbonyl (C=O) groups is 2. The molecule has 4 aromatic rings. The van der Waals surface area contributed by atoms with Crippen LogP contribution in [0.25, 0.3) is 21.5 Å². The summed E-state index contributed by atoms with van der Waals surface area (Å²) in [7, 11) is 0. The van der Waals surface area contributed by atoms with Gasteiger partial charge in [-0.15, -0.1) is 0 Å². The Morgan fingerprint density at radius 2 is 1.63 bits per heavy atom. The number of esters is 1. The lowest BCUT2D eigenvalue weighted by molar-refractivity contribution is -0.119. The van der Waals surface area contributed by atoms with Crippen LogP contribution >= 0.6 is 0 Å². The summed E-state index contributed by atoms with van der Waals surface area (Å²) in [6.45, 7) is 1.32. The molecule has 0 spiro atoms. The highest BCUT2D eigenvalue weighted by Crippen LogP contribution is 2.29. The Morgan fingerprint density at radius 1 is 1.00 bits per heavy atom. The van der Waals surface area contributed by atoms with Gasteiger partial charge in [0.25, 0.3) is 5.91 Å². The molecule has 0 saturated carbocycles. The predicted octanol–water partition coefficient (Wildman–Crippen LogP) is 4.08. The van der Waals surface area contributed by atoms with Crippen LogP contribution in [0.3, 0.4) is 0 Å². The van der Waals surface area contributed by atoms with Crippen molar-refractivity contribution in [3.63, 3.8) is 0 Å². The number of nitrogens with one attached hydrogen (secondary N) is 1. The third kappa shape index (κ3) is 3.37. The molecule has 0 atom stereocenters. The van der Waals surface area contributed by atoms with Crippen LogP contribution in [0.2, 0.25) is 0 Å². The van der Waals surface area contributed by atoms with Crippen LogP contribution in [0.1, 0.15) is 16.1 Å². The average molecular weight is 360 g/mol. The van der Waals surface area contributed by atoms with Gasteiger partial charge in [0.1, 0.15) is 0 Å². The van der Waals surface area contributed by atoms with Crippen molar-refractivity contribution in [2.45, 2.75) is 6.92 Å². The number of rotatable bonds is 4. The summed E-state index contributed by atoms with van der Waals surface area (Å²) in [5, 5.41) is 9.62. The summed E-state index contributed by atoms with van der Waals surface area (Å²) in [6.07, 6.45) is 0. The lowest BCUT2D eigenvalue weighted by Gasteiger charge is -2.11. The van der Waals surface area contributed by atoms with E-state index in [0.29, 0.717) is 11.3 Å². The van der Waals surface area contributed by atoms with E-state index in [1.54, 1.807) is 13.0 Å². The minimum absolute atomic E-state index is 0.212. The van der Waals surface area contributed by atoms with Crippen molar-refractivity contribution in [1.82, 2.24) is 5.16 Å². The molecule has 4 rings (SSSR count). The second kappa shape index (κ2) is 6.92. The van der Waals surface area contributed by atoms with E-state index >= 15 is 0 Å². The zero-order valence-corrected chi connectivity index (χ0v) is 14.6. The zero-order chi connectivity index (χ0) is 18.8. The fourth-order valence-corrected chi connectivity index (χ4v) is 3.03. The summed E-state index contributed by atoms with van der Waals surface area (Å²) in [5.41, 5.74) is 1.09. The first-order valence-corrected chi connectivity index (χ1v) is 8.42. The van der Waals surface area contributed by atoms with E-state index in [0.717, 1.165) is 21.5 Å². The molecule has 27 heavy (non-hydrogen) atoms. The Morgan fingerprint density at radius 3 is 2.22 bits per heavy atom. The number of benzene rings is 3. The normalized spacial score (nSPS) is 10.9. The molecule has 1 aromatic heterocycles. The third-order valence-corrected chi connectivity index (χ3v) is 4.20. The van der Waals surface area contributed by atoms with Crippen LogP contribution < -0.4 is 5.32 Å². The number of aromatic nitrogens is 1. The van der Waals surface area contributed by atoms with Crippen molar-refractivity contribution in [2.75, 3.05) is 11.9 Å². The standard InChI is InChI=1S/C21H16N2O4/c1-13-10-19(27-23-13)22-18(24)12-26-21(25)20-16-8-4-2-6-14(16)11-15-7-3-5-9-17(15)20/h2-11H,12H2,1H3,(H,22,24). The number of fused-ring (bicyclic) bond motifs is 2. The van der Waals surface area contributed by atoms with E-state index in [2.05, 4.69) is 10.5 Å². The van der Waals surface area contributed by atoms with E-state index in [4.69, 9.17) is 9.26 Å². The molecule has 0 radical (unpaired) electrons. The predicted molar refractivity (Wildman–Crippen MR) is 102 cm³/mol. The molecular weight excluding hydrogens is 344 g/mol. The SMILES string of the molecule is Cc1cc(NC(=O)COC(=O)c2c3ccccc3cc3ccccc23)on1.